The van der Waals surface area contributed by atoms with Crippen molar-refractivity contribution in [2.24, 2.45) is 4.99 Å². The molecule has 3 fully saturated rings. The molecule has 0 radical (unpaired) electrons. The van der Waals surface area contributed by atoms with E-state index < -0.39 is 0 Å². The first-order chi connectivity index (χ1) is 13.7. The van der Waals surface area contributed by atoms with Gasteiger partial charge >= 0.3 is 0 Å². The van der Waals surface area contributed by atoms with Crippen molar-refractivity contribution in [2.75, 3.05) is 46.4 Å². The largest absolute Gasteiger partial charge is 0.376 e. The smallest absolute Gasteiger partial charge is 0.193 e. The highest BCUT2D eigenvalue weighted by Gasteiger charge is 2.26. The van der Waals surface area contributed by atoms with E-state index in [1.807, 2.05) is 7.05 Å². The van der Waals surface area contributed by atoms with Gasteiger partial charge in [0.2, 0.25) is 0 Å². The molecule has 0 aromatic heterocycles. The maximum Gasteiger partial charge on any atom is 0.193 e. The van der Waals surface area contributed by atoms with Gasteiger partial charge in [0.05, 0.1) is 18.8 Å². The van der Waals surface area contributed by atoms with Crippen LogP contribution in [0.15, 0.2) is 4.99 Å². The highest BCUT2D eigenvalue weighted by atomic mass is 16.5. The zero-order valence-corrected chi connectivity index (χ0v) is 18.4. The summed E-state index contributed by atoms with van der Waals surface area (Å²) in [4.78, 5) is 9.59. The number of nitrogens with zero attached hydrogens (tertiary/aromatic N) is 3. The van der Waals surface area contributed by atoms with E-state index in [1.165, 1.54) is 38.6 Å². The first-order valence-electron chi connectivity index (χ1n) is 11.6. The molecular weight excluding hydrogens is 352 g/mol. The molecule has 6 nitrogen and oxygen atoms in total. The molecule has 162 valence electrons. The molecule has 3 aliphatic rings. The Morgan fingerprint density at radius 2 is 1.89 bits per heavy atom. The van der Waals surface area contributed by atoms with E-state index in [1.54, 1.807) is 0 Å². The van der Waals surface area contributed by atoms with Crippen LogP contribution in [0.25, 0.3) is 0 Å². The van der Waals surface area contributed by atoms with E-state index in [0.29, 0.717) is 24.3 Å². The van der Waals surface area contributed by atoms with Gasteiger partial charge in [0.25, 0.3) is 0 Å². The van der Waals surface area contributed by atoms with Gasteiger partial charge in [-0.15, -0.1) is 0 Å². The van der Waals surface area contributed by atoms with Crippen molar-refractivity contribution in [1.82, 2.24) is 15.1 Å². The van der Waals surface area contributed by atoms with Gasteiger partial charge in [0.15, 0.2) is 5.96 Å². The highest BCUT2D eigenvalue weighted by Crippen LogP contribution is 2.20. The predicted octanol–water partition coefficient (Wildman–Crippen LogP) is 2.87. The lowest BCUT2D eigenvalue weighted by molar-refractivity contribution is -0.0721. The molecule has 3 atom stereocenters. The Kier molecular flexibility index (Phi) is 8.87. The molecule has 0 bridgehead atoms. The first-order valence-corrected chi connectivity index (χ1v) is 11.6. The number of hydrogen-bond acceptors (Lipinski definition) is 4. The number of nitrogens with one attached hydrogen (secondary N) is 1. The topological polar surface area (TPSA) is 49.3 Å². The number of hydrogen-bond donors (Lipinski definition) is 1. The molecule has 1 N–H and O–H groups in total. The van der Waals surface area contributed by atoms with E-state index in [2.05, 4.69) is 34.0 Å². The molecule has 3 heterocycles. The maximum absolute atomic E-state index is 6.15. The molecule has 0 aromatic rings. The minimum Gasteiger partial charge on any atom is -0.376 e. The molecule has 0 amide bonds. The lowest BCUT2D eigenvalue weighted by Gasteiger charge is -2.39. The van der Waals surface area contributed by atoms with Crippen LogP contribution in [0.1, 0.15) is 65.2 Å². The van der Waals surface area contributed by atoms with Crippen molar-refractivity contribution in [1.29, 1.82) is 0 Å². The second-order valence-corrected chi connectivity index (χ2v) is 8.87. The number of guanidine groups is 1. The van der Waals surface area contributed by atoms with Gasteiger partial charge in [-0.1, -0.05) is 6.42 Å². The summed E-state index contributed by atoms with van der Waals surface area (Å²) in [6.45, 7) is 10.6. The Bertz CT molecular complexity index is 473. The average Bonchev–Trinajstić information content (AvgIpc) is 2.74. The summed E-state index contributed by atoms with van der Waals surface area (Å²) in [5, 5.41) is 3.63. The van der Waals surface area contributed by atoms with E-state index >= 15 is 0 Å². The van der Waals surface area contributed by atoms with Gasteiger partial charge in [0.1, 0.15) is 0 Å². The lowest BCUT2D eigenvalue weighted by Crippen LogP contribution is -2.52. The van der Waals surface area contributed by atoms with Gasteiger partial charge in [-0.05, 0) is 65.3 Å². The fourth-order valence-electron chi connectivity index (χ4n) is 4.88. The van der Waals surface area contributed by atoms with Crippen LogP contribution in [0, 0.1) is 0 Å². The second kappa shape index (κ2) is 11.4. The predicted molar refractivity (Wildman–Crippen MR) is 115 cm³/mol. The Balaban J connectivity index is 1.36. The van der Waals surface area contributed by atoms with E-state index in [9.17, 15) is 0 Å². The zero-order valence-electron chi connectivity index (χ0n) is 18.4. The molecule has 6 heteroatoms. The summed E-state index contributed by atoms with van der Waals surface area (Å²) in [6.07, 6.45) is 10.5. The van der Waals surface area contributed by atoms with Gasteiger partial charge in [-0.2, -0.15) is 0 Å². The number of piperidine rings is 2. The van der Waals surface area contributed by atoms with Gasteiger partial charge < -0.3 is 19.7 Å². The van der Waals surface area contributed by atoms with Crippen molar-refractivity contribution < 1.29 is 9.47 Å². The first kappa shape index (κ1) is 21.8. The Labute approximate surface area is 172 Å². The van der Waals surface area contributed by atoms with E-state index in [0.717, 1.165) is 58.1 Å². The number of aliphatic imine (C=N–C) groups is 1. The molecule has 3 aliphatic heterocycles. The molecule has 0 aromatic carbocycles. The Hall–Kier alpha value is -0.850. The molecule has 28 heavy (non-hydrogen) atoms. The summed E-state index contributed by atoms with van der Waals surface area (Å²) >= 11 is 0. The minimum atomic E-state index is 0.319. The summed E-state index contributed by atoms with van der Waals surface area (Å²) < 4.78 is 11.9. The number of ether oxygens (including phenoxy) is 2. The van der Waals surface area contributed by atoms with Crippen LogP contribution in [0.5, 0.6) is 0 Å². The van der Waals surface area contributed by atoms with Crippen LogP contribution < -0.4 is 5.32 Å². The molecular formula is C22H42N4O2. The fourth-order valence-corrected chi connectivity index (χ4v) is 4.88. The van der Waals surface area contributed by atoms with Crippen LogP contribution in [0.3, 0.4) is 0 Å². The van der Waals surface area contributed by atoms with Gasteiger partial charge in [0, 0.05) is 45.4 Å². The lowest BCUT2D eigenvalue weighted by atomic mass is 10.0. The van der Waals surface area contributed by atoms with Crippen LogP contribution in [-0.2, 0) is 9.47 Å². The summed E-state index contributed by atoms with van der Waals surface area (Å²) in [7, 11) is 1.90. The average molecular weight is 395 g/mol. The minimum absolute atomic E-state index is 0.319. The fraction of sp³-hybridized carbons (Fsp3) is 0.955. The third-order valence-electron chi connectivity index (χ3n) is 6.72. The summed E-state index contributed by atoms with van der Waals surface area (Å²) in [5.41, 5.74) is 0. The van der Waals surface area contributed by atoms with Crippen LogP contribution >= 0.6 is 0 Å². The zero-order chi connectivity index (χ0) is 19.8. The molecule has 0 spiro atoms. The summed E-state index contributed by atoms with van der Waals surface area (Å²) in [6, 6.07) is 1.25. The molecule has 0 saturated carbocycles. The van der Waals surface area contributed by atoms with Crippen molar-refractivity contribution in [3.63, 3.8) is 0 Å². The SMILES string of the molecule is CN=C(NCC(C)N1CCCCC1C)N1CCC(OCC2CCCCO2)CC1. The number of rotatable bonds is 6. The number of likely N-dealkylation sites (tertiary alicyclic amines) is 2. The van der Waals surface area contributed by atoms with Crippen LogP contribution in [0.2, 0.25) is 0 Å². The molecule has 3 rings (SSSR count). The van der Waals surface area contributed by atoms with E-state index in [-0.39, 0.29) is 0 Å². The standard InChI is InChI=1S/C22H42N4O2/c1-18-8-4-6-12-26(18)19(2)16-24-22(23-3)25-13-10-20(11-14-25)28-17-21-9-5-7-15-27-21/h18-21H,4-17H2,1-3H3,(H,23,24). The van der Waals surface area contributed by atoms with Crippen LogP contribution in [-0.4, -0.2) is 86.5 Å². The van der Waals surface area contributed by atoms with Crippen molar-refractivity contribution in [3.05, 3.63) is 0 Å². The monoisotopic (exact) mass is 394 g/mol. The Morgan fingerprint density at radius 1 is 1.11 bits per heavy atom. The van der Waals surface area contributed by atoms with Crippen molar-refractivity contribution in [3.8, 4) is 0 Å². The quantitative estimate of drug-likeness (QED) is 0.554. The maximum atomic E-state index is 6.15. The third-order valence-corrected chi connectivity index (χ3v) is 6.72. The van der Waals surface area contributed by atoms with Crippen LogP contribution in [0.4, 0.5) is 0 Å². The van der Waals surface area contributed by atoms with E-state index in [4.69, 9.17) is 9.47 Å². The Morgan fingerprint density at radius 3 is 2.57 bits per heavy atom. The molecule has 0 aliphatic carbocycles. The second-order valence-electron chi connectivity index (χ2n) is 8.87. The van der Waals surface area contributed by atoms with Crippen molar-refractivity contribution >= 4 is 5.96 Å². The van der Waals surface area contributed by atoms with Crippen molar-refractivity contribution in [2.45, 2.75) is 89.5 Å². The highest BCUT2D eigenvalue weighted by molar-refractivity contribution is 5.80. The van der Waals surface area contributed by atoms with Gasteiger partial charge in [-0.25, -0.2) is 0 Å². The normalized spacial score (nSPS) is 29.7. The third kappa shape index (κ3) is 6.33. The molecule has 3 unspecified atom stereocenters. The van der Waals surface area contributed by atoms with Gasteiger partial charge in [-0.3, -0.25) is 9.89 Å². The summed E-state index contributed by atoms with van der Waals surface area (Å²) in [5.74, 6) is 1.05. The molecule has 3 saturated heterocycles.